The van der Waals surface area contributed by atoms with E-state index in [1.165, 1.54) is 11.3 Å². The van der Waals surface area contributed by atoms with E-state index in [0.717, 1.165) is 6.42 Å². The number of hydrogen-bond acceptors (Lipinski definition) is 5. The summed E-state index contributed by atoms with van der Waals surface area (Å²) in [6, 6.07) is 1.62. The zero-order valence-corrected chi connectivity index (χ0v) is 10.3. The van der Waals surface area contributed by atoms with Gasteiger partial charge < -0.3 is 9.63 Å². The average molecular weight is 238 g/mol. The van der Waals surface area contributed by atoms with E-state index >= 15 is 0 Å². The van der Waals surface area contributed by atoms with Gasteiger partial charge in [0.05, 0.1) is 0 Å². The van der Waals surface area contributed by atoms with Crippen molar-refractivity contribution in [1.29, 1.82) is 0 Å². The molecule has 0 bridgehead atoms. The number of hydrogen-bond donors (Lipinski definition) is 1. The summed E-state index contributed by atoms with van der Waals surface area (Å²) in [6.45, 7) is 6.35. The molecule has 86 valence electrons. The lowest BCUT2D eigenvalue weighted by Gasteiger charge is -2.14. The zero-order valence-electron chi connectivity index (χ0n) is 9.52. The van der Waals surface area contributed by atoms with Crippen LogP contribution in [0.2, 0.25) is 0 Å². The third-order valence-electron chi connectivity index (χ3n) is 2.00. The Bertz CT molecular complexity index is 482. The highest BCUT2D eigenvalue weighted by atomic mass is 32.1. The van der Waals surface area contributed by atoms with Gasteiger partial charge >= 0.3 is 0 Å². The predicted molar refractivity (Wildman–Crippen MR) is 62.4 cm³/mol. The second kappa shape index (κ2) is 3.90. The molecule has 2 aromatic heterocycles. The molecule has 0 aliphatic carbocycles. The van der Waals surface area contributed by atoms with Crippen molar-refractivity contribution < 1.29 is 9.63 Å². The maximum Gasteiger partial charge on any atom is 0.271 e. The van der Waals surface area contributed by atoms with Crippen LogP contribution in [0.25, 0.3) is 10.8 Å². The van der Waals surface area contributed by atoms with Crippen molar-refractivity contribution in [2.24, 2.45) is 5.41 Å². The largest absolute Gasteiger partial charge is 0.506 e. The molecule has 0 fully saturated rings. The molecule has 0 spiro atoms. The minimum absolute atomic E-state index is 0.124. The molecule has 0 radical (unpaired) electrons. The molecule has 0 amide bonds. The fourth-order valence-corrected chi connectivity index (χ4v) is 2.06. The lowest BCUT2D eigenvalue weighted by molar-refractivity contribution is 0.374. The Kier molecular flexibility index (Phi) is 2.71. The van der Waals surface area contributed by atoms with Gasteiger partial charge in [0.25, 0.3) is 5.89 Å². The van der Waals surface area contributed by atoms with Gasteiger partial charge in [-0.2, -0.15) is 4.98 Å². The number of rotatable bonds is 2. The highest BCUT2D eigenvalue weighted by molar-refractivity contribution is 7.13. The Labute approximate surface area is 97.9 Å². The number of nitrogens with zero attached hydrogens (tertiary/aromatic N) is 2. The van der Waals surface area contributed by atoms with Crippen LogP contribution >= 0.6 is 11.3 Å². The van der Waals surface area contributed by atoms with Gasteiger partial charge in [-0.25, -0.2) is 0 Å². The van der Waals surface area contributed by atoms with Gasteiger partial charge in [0.15, 0.2) is 5.82 Å². The van der Waals surface area contributed by atoms with Crippen LogP contribution in [-0.4, -0.2) is 15.2 Å². The molecule has 2 aromatic rings. The SMILES string of the molecule is CC(C)(C)Cc1noc(-c2sccc2O)n1. The van der Waals surface area contributed by atoms with Crippen LogP contribution in [0.5, 0.6) is 5.75 Å². The molecule has 2 heterocycles. The van der Waals surface area contributed by atoms with Crippen LogP contribution in [0.3, 0.4) is 0 Å². The zero-order chi connectivity index (χ0) is 11.8. The van der Waals surface area contributed by atoms with Gasteiger partial charge in [-0.3, -0.25) is 0 Å². The first-order valence-corrected chi connectivity index (χ1v) is 5.93. The summed E-state index contributed by atoms with van der Waals surface area (Å²) in [5.41, 5.74) is 0.124. The molecule has 0 aromatic carbocycles. The Morgan fingerprint density at radius 3 is 2.75 bits per heavy atom. The fraction of sp³-hybridized carbons (Fsp3) is 0.455. The molecule has 0 aliphatic heterocycles. The summed E-state index contributed by atoms with van der Waals surface area (Å²) in [5.74, 6) is 1.26. The molecule has 0 atom stereocenters. The third kappa shape index (κ3) is 2.41. The van der Waals surface area contributed by atoms with Crippen LogP contribution in [-0.2, 0) is 6.42 Å². The molecular weight excluding hydrogens is 224 g/mol. The average Bonchev–Trinajstić information content (AvgIpc) is 2.71. The topological polar surface area (TPSA) is 59.2 Å². The number of aromatic hydroxyl groups is 1. The molecule has 0 saturated carbocycles. The number of thiophene rings is 1. The maximum atomic E-state index is 9.53. The van der Waals surface area contributed by atoms with Crippen LogP contribution in [0.1, 0.15) is 26.6 Å². The molecule has 5 heteroatoms. The molecule has 2 rings (SSSR count). The minimum Gasteiger partial charge on any atom is -0.506 e. The molecule has 16 heavy (non-hydrogen) atoms. The predicted octanol–water partition coefficient (Wildman–Crippen LogP) is 3.09. The Morgan fingerprint density at radius 2 is 2.19 bits per heavy atom. The summed E-state index contributed by atoms with van der Waals surface area (Å²) < 4.78 is 5.13. The van der Waals surface area contributed by atoms with E-state index in [1.54, 1.807) is 11.4 Å². The van der Waals surface area contributed by atoms with Crippen molar-refractivity contribution in [2.45, 2.75) is 27.2 Å². The second-order valence-electron chi connectivity index (χ2n) is 4.89. The van der Waals surface area contributed by atoms with Crippen molar-refractivity contribution >= 4 is 11.3 Å². The Balaban J connectivity index is 2.24. The van der Waals surface area contributed by atoms with Crippen molar-refractivity contribution in [3.05, 3.63) is 17.3 Å². The Morgan fingerprint density at radius 1 is 1.44 bits per heavy atom. The summed E-state index contributed by atoms with van der Waals surface area (Å²) in [5, 5.41) is 15.2. The maximum absolute atomic E-state index is 9.53. The quantitative estimate of drug-likeness (QED) is 0.873. The van der Waals surface area contributed by atoms with Crippen molar-refractivity contribution in [3.8, 4) is 16.5 Å². The van der Waals surface area contributed by atoms with Crippen molar-refractivity contribution in [3.63, 3.8) is 0 Å². The van der Waals surface area contributed by atoms with Gasteiger partial charge in [0, 0.05) is 6.42 Å². The molecular formula is C11H14N2O2S. The van der Waals surface area contributed by atoms with E-state index in [4.69, 9.17) is 4.52 Å². The van der Waals surface area contributed by atoms with Gasteiger partial charge in [-0.1, -0.05) is 25.9 Å². The van der Waals surface area contributed by atoms with Crippen LogP contribution < -0.4 is 0 Å². The second-order valence-corrected chi connectivity index (χ2v) is 5.80. The van der Waals surface area contributed by atoms with E-state index in [-0.39, 0.29) is 11.2 Å². The normalized spacial score (nSPS) is 11.9. The van der Waals surface area contributed by atoms with Crippen LogP contribution in [0.15, 0.2) is 16.0 Å². The van der Waals surface area contributed by atoms with E-state index in [2.05, 4.69) is 30.9 Å². The van der Waals surface area contributed by atoms with Crippen molar-refractivity contribution in [2.75, 3.05) is 0 Å². The fourth-order valence-electron chi connectivity index (χ4n) is 1.35. The molecule has 4 nitrogen and oxygen atoms in total. The first-order chi connectivity index (χ1) is 7.46. The highest BCUT2D eigenvalue weighted by Crippen LogP contribution is 2.33. The first-order valence-electron chi connectivity index (χ1n) is 5.05. The van der Waals surface area contributed by atoms with E-state index < -0.39 is 0 Å². The smallest absolute Gasteiger partial charge is 0.271 e. The minimum atomic E-state index is 0.124. The molecule has 0 unspecified atom stereocenters. The Hall–Kier alpha value is -1.36. The van der Waals surface area contributed by atoms with Gasteiger partial charge in [-0.05, 0) is 16.9 Å². The summed E-state index contributed by atoms with van der Waals surface area (Å²) in [6.07, 6.45) is 0.753. The van der Waals surface area contributed by atoms with Gasteiger partial charge in [-0.15, -0.1) is 11.3 Å². The van der Waals surface area contributed by atoms with Crippen molar-refractivity contribution in [1.82, 2.24) is 10.1 Å². The van der Waals surface area contributed by atoms with E-state index in [1.807, 2.05) is 0 Å². The lowest BCUT2D eigenvalue weighted by atomic mass is 9.92. The molecule has 0 aliphatic rings. The summed E-state index contributed by atoms with van der Waals surface area (Å²) >= 11 is 1.39. The van der Waals surface area contributed by atoms with Gasteiger partial charge in [0.2, 0.25) is 0 Å². The van der Waals surface area contributed by atoms with Crippen LogP contribution in [0.4, 0.5) is 0 Å². The monoisotopic (exact) mass is 238 g/mol. The van der Waals surface area contributed by atoms with Crippen LogP contribution in [0, 0.1) is 5.41 Å². The van der Waals surface area contributed by atoms with Gasteiger partial charge in [0.1, 0.15) is 10.6 Å². The molecule has 1 N–H and O–H groups in total. The highest BCUT2D eigenvalue weighted by Gasteiger charge is 2.18. The van der Waals surface area contributed by atoms with E-state index in [9.17, 15) is 5.11 Å². The summed E-state index contributed by atoms with van der Waals surface area (Å²) in [4.78, 5) is 4.90. The summed E-state index contributed by atoms with van der Waals surface area (Å²) in [7, 11) is 0. The first kappa shape index (κ1) is 11.1. The van der Waals surface area contributed by atoms with E-state index in [0.29, 0.717) is 16.6 Å². The molecule has 0 saturated heterocycles. The number of aromatic nitrogens is 2. The third-order valence-corrected chi connectivity index (χ3v) is 2.89. The lowest BCUT2D eigenvalue weighted by Crippen LogP contribution is -2.10. The standard InChI is InChI=1S/C11H14N2O2S/c1-11(2,3)6-8-12-10(15-13-8)9-7(14)4-5-16-9/h4-5,14H,6H2,1-3H3.